The highest BCUT2D eigenvalue weighted by Gasteiger charge is 2.16. The lowest BCUT2D eigenvalue weighted by Gasteiger charge is -2.19. The fourth-order valence-corrected chi connectivity index (χ4v) is 3.15. The predicted molar refractivity (Wildman–Crippen MR) is 110 cm³/mol. The van der Waals surface area contributed by atoms with E-state index in [1.54, 1.807) is 31.2 Å². The number of benzene rings is 2. The molecule has 0 aliphatic rings. The van der Waals surface area contributed by atoms with E-state index in [2.05, 4.69) is 26.1 Å². The van der Waals surface area contributed by atoms with E-state index in [4.69, 9.17) is 9.88 Å². The van der Waals surface area contributed by atoms with Crippen molar-refractivity contribution in [3.63, 3.8) is 0 Å². The van der Waals surface area contributed by atoms with Crippen LogP contribution in [0.25, 0.3) is 0 Å². The van der Waals surface area contributed by atoms with Gasteiger partial charge in [-0.05, 0) is 47.7 Å². The van der Waals surface area contributed by atoms with Gasteiger partial charge in [0, 0.05) is 0 Å². The Morgan fingerprint density at radius 3 is 2.07 bits per heavy atom. The Hall–Kier alpha value is -2.71. The Balaban J connectivity index is 1.89. The van der Waals surface area contributed by atoms with Gasteiger partial charge in [0.15, 0.2) is 6.61 Å². The van der Waals surface area contributed by atoms with Crippen LogP contribution in [0.3, 0.4) is 0 Å². The topological polar surface area (TPSA) is 116 Å². The summed E-state index contributed by atoms with van der Waals surface area (Å²) in [6.07, 6.45) is 0. The van der Waals surface area contributed by atoms with Crippen LogP contribution in [0.1, 0.15) is 55.2 Å². The van der Waals surface area contributed by atoms with E-state index in [1.807, 2.05) is 12.1 Å². The van der Waals surface area contributed by atoms with Gasteiger partial charge in [-0.25, -0.2) is 18.4 Å². The number of nitrogens with one attached hydrogen (secondary N) is 1. The van der Waals surface area contributed by atoms with Crippen LogP contribution < -0.4 is 10.5 Å². The summed E-state index contributed by atoms with van der Waals surface area (Å²) in [5, 5.41) is 7.76. The standard InChI is InChI=1S/C21H26N2O5S/c1-14(15-7-11-18(12-8-15)29(22,26)27)23-19(24)13-28-20(25)16-5-9-17(10-6-16)21(2,3)4/h5-12,14H,13H2,1-4H3,(H,23,24)(H2,22,26,27)/t14-/m1/s1. The van der Waals surface area contributed by atoms with E-state index in [0.717, 1.165) is 5.56 Å². The van der Waals surface area contributed by atoms with Gasteiger partial charge in [0.25, 0.3) is 5.91 Å². The molecule has 3 N–H and O–H groups in total. The predicted octanol–water partition coefficient (Wildman–Crippen LogP) is 2.67. The molecular weight excluding hydrogens is 392 g/mol. The second-order valence-corrected chi connectivity index (χ2v) is 9.37. The number of sulfonamides is 1. The number of primary sulfonamides is 1. The molecule has 0 radical (unpaired) electrons. The first-order chi connectivity index (χ1) is 13.4. The lowest BCUT2D eigenvalue weighted by atomic mass is 9.87. The Labute approximate surface area is 171 Å². The summed E-state index contributed by atoms with van der Waals surface area (Å²) in [6, 6.07) is 12.5. The lowest BCUT2D eigenvalue weighted by molar-refractivity contribution is -0.124. The number of esters is 1. The fraction of sp³-hybridized carbons (Fsp3) is 0.333. The number of hydrogen-bond acceptors (Lipinski definition) is 5. The van der Waals surface area contributed by atoms with Crippen LogP contribution in [-0.2, 0) is 25.0 Å². The van der Waals surface area contributed by atoms with Crippen molar-refractivity contribution in [2.75, 3.05) is 6.61 Å². The van der Waals surface area contributed by atoms with Crippen LogP contribution in [0.15, 0.2) is 53.4 Å². The highest BCUT2D eigenvalue weighted by Crippen LogP contribution is 2.22. The Bertz CT molecular complexity index is 975. The number of amides is 1. The highest BCUT2D eigenvalue weighted by atomic mass is 32.2. The van der Waals surface area contributed by atoms with Crippen molar-refractivity contribution in [3.05, 3.63) is 65.2 Å². The van der Waals surface area contributed by atoms with E-state index < -0.39 is 34.5 Å². The molecule has 8 heteroatoms. The highest BCUT2D eigenvalue weighted by molar-refractivity contribution is 7.89. The van der Waals surface area contributed by atoms with Crippen molar-refractivity contribution in [2.45, 2.75) is 44.0 Å². The summed E-state index contributed by atoms with van der Waals surface area (Å²) in [7, 11) is -3.77. The average Bonchev–Trinajstić information content (AvgIpc) is 2.65. The number of ether oxygens (including phenoxy) is 1. The van der Waals surface area contributed by atoms with Crippen molar-refractivity contribution in [1.29, 1.82) is 0 Å². The second-order valence-electron chi connectivity index (χ2n) is 7.81. The molecule has 29 heavy (non-hydrogen) atoms. The molecule has 0 bridgehead atoms. The first kappa shape index (κ1) is 22.6. The number of carbonyl (C=O) groups excluding carboxylic acids is 2. The molecule has 0 heterocycles. The van der Waals surface area contributed by atoms with Gasteiger partial charge in [-0.2, -0.15) is 0 Å². The van der Waals surface area contributed by atoms with Gasteiger partial charge in [-0.3, -0.25) is 4.79 Å². The molecule has 1 amide bonds. The maximum atomic E-state index is 12.1. The summed E-state index contributed by atoms with van der Waals surface area (Å²) in [6.45, 7) is 7.55. The van der Waals surface area contributed by atoms with Crippen molar-refractivity contribution in [2.24, 2.45) is 5.14 Å². The van der Waals surface area contributed by atoms with E-state index in [1.165, 1.54) is 12.1 Å². The summed E-state index contributed by atoms with van der Waals surface area (Å²) >= 11 is 0. The number of nitrogens with two attached hydrogens (primary N) is 1. The number of carbonyl (C=O) groups is 2. The maximum Gasteiger partial charge on any atom is 0.338 e. The largest absolute Gasteiger partial charge is 0.452 e. The minimum atomic E-state index is -3.77. The van der Waals surface area contributed by atoms with Crippen molar-refractivity contribution >= 4 is 21.9 Å². The molecule has 0 spiro atoms. The summed E-state index contributed by atoms with van der Waals surface area (Å²) in [5.74, 6) is -1.04. The third-order valence-corrected chi connectivity index (χ3v) is 5.34. The van der Waals surface area contributed by atoms with Gasteiger partial charge in [-0.15, -0.1) is 0 Å². The number of hydrogen-bond donors (Lipinski definition) is 2. The molecule has 2 aromatic rings. The zero-order valence-corrected chi connectivity index (χ0v) is 17.7. The third-order valence-electron chi connectivity index (χ3n) is 4.41. The molecular formula is C21H26N2O5S. The smallest absolute Gasteiger partial charge is 0.338 e. The monoisotopic (exact) mass is 418 g/mol. The van der Waals surface area contributed by atoms with E-state index in [0.29, 0.717) is 11.1 Å². The summed E-state index contributed by atoms with van der Waals surface area (Å²) in [5.41, 5.74) is 2.13. The molecule has 0 saturated carbocycles. The van der Waals surface area contributed by atoms with Crippen LogP contribution in [-0.4, -0.2) is 26.9 Å². The van der Waals surface area contributed by atoms with Crippen molar-refractivity contribution in [3.8, 4) is 0 Å². The number of rotatable bonds is 6. The minimum absolute atomic E-state index is 0.00816. The normalized spacial score (nSPS) is 12.9. The van der Waals surface area contributed by atoms with E-state index >= 15 is 0 Å². The maximum absolute atomic E-state index is 12.1. The molecule has 0 unspecified atom stereocenters. The summed E-state index contributed by atoms with van der Waals surface area (Å²) < 4.78 is 27.6. The van der Waals surface area contributed by atoms with Crippen molar-refractivity contribution in [1.82, 2.24) is 5.32 Å². The minimum Gasteiger partial charge on any atom is -0.452 e. The molecule has 7 nitrogen and oxygen atoms in total. The van der Waals surface area contributed by atoms with E-state index in [-0.39, 0.29) is 10.3 Å². The second kappa shape index (κ2) is 8.75. The molecule has 0 aliphatic heterocycles. The fourth-order valence-electron chi connectivity index (χ4n) is 2.63. The zero-order chi connectivity index (χ0) is 21.8. The van der Waals surface area contributed by atoms with Crippen LogP contribution in [0.2, 0.25) is 0 Å². The first-order valence-electron chi connectivity index (χ1n) is 9.08. The van der Waals surface area contributed by atoms with Gasteiger partial charge < -0.3 is 10.1 Å². The van der Waals surface area contributed by atoms with Gasteiger partial charge >= 0.3 is 5.97 Å². The quantitative estimate of drug-likeness (QED) is 0.700. The molecule has 156 valence electrons. The molecule has 1 atom stereocenters. The third kappa shape index (κ3) is 6.40. The van der Waals surface area contributed by atoms with Crippen LogP contribution in [0.5, 0.6) is 0 Å². The SMILES string of the molecule is C[C@@H](NC(=O)COC(=O)c1ccc(C(C)(C)C)cc1)c1ccc(S(N)(=O)=O)cc1. The summed E-state index contributed by atoms with van der Waals surface area (Å²) in [4.78, 5) is 24.2. The van der Waals surface area contributed by atoms with Crippen LogP contribution in [0.4, 0.5) is 0 Å². The molecule has 0 saturated heterocycles. The zero-order valence-electron chi connectivity index (χ0n) is 16.9. The first-order valence-corrected chi connectivity index (χ1v) is 10.6. The Morgan fingerprint density at radius 1 is 1.03 bits per heavy atom. The van der Waals surface area contributed by atoms with Gasteiger partial charge in [0.05, 0.1) is 16.5 Å². The molecule has 0 aliphatic carbocycles. The lowest BCUT2D eigenvalue weighted by Crippen LogP contribution is -2.31. The van der Waals surface area contributed by atoms with E-state index in [9.17, 15) is 18.0 Å². The van der Waals surface area contributed by atoms with Crippen molar-refractivity contribution < 1.29 is 22.7 Å². The van der Waals surface area contributed by atoms with Crippen LogP contribution >= 0.6 is 0 Å². The average molecular weight is 419 g/mol. The molecule has 0 fully saturated rings. The van der Waals surface area contributed by atoms with Gasteiger partial charge in [0.1, 0.15) is 0 Å². The van der Waals surface area contributed by atoms with Crippen LogP contribution in [0, 0.1) is 0 Å². The Morgan fingerprint density at radius 2 is 1.59 bits per heavy atom. The van der Waals surface area contributed by atoms with Gasteiger partial charge in [-0.1, -0.05) is 45.0 Å². The Kier molecular flexibility index (Phi) is 6.81. The molecule has 0 aromatic heterocycles. The van der Waals surface area contributed by atoms with Gasteiger partial charge in [0.2, 0.25) is 10.0 Å². The molecule has 2 aromatic carbocycles. The molecule has 2 rings (SSSR count).